The van der Waals surface area contributed by atoms with E-state index in [0.717, 1.165) is 38.5 Å². The van der Waals surface area contributed by atoms with E-state index in [1.54, 1.807) is 0 Å². The van der Waals surface area contributed by atoms with Crippen molar-refractivity contribution in [1.29, 1.82) is 0 Å². The van der Waals surface area contributed by atoms with Crippen LogP contribution in [0.4, 0.5) is 4.79 Å². The lowest BCUT2D eigenvalue weighted by Gasteiger charge is -2.30. The van der Waals surface area contributed by atoms with Gasteiger partial charge in [-0.25, -0.2) is 4.79 Å². The quantitative estimate of drug-likeness (QED) is 0.784. The third kappa shape index (κ3) is 6.64. The molecule has 4 nitrogen and oxygen atoms in total. The van der Waals surface area contributed by atoms with Crippen LogP contribution in [0, 0.1) is 0 Å². The highest BCUT2D eigenvalue weighted by atomic mass is 16.5. The molecule has 0 aliphatic heterocycles. The van der Waals surface area contributed by atoms with Crippen LogP contribution in [0.25, 0.3) is 0 Å². The van der Waals surface area contributed by atoms with Crippen LogP contribution in [0.3, 0.4) is 0 Å². The molecule has 0 spiro atoms. The van der Waals surface area contributed by atoms with E-state index >= 15 is 0 Å². The molecule has 4 heteroatoms. The molecule has 3 rings (SSSR count). The van der Waals surface area contributed by atoms with Gasteiger partial charge >= 0.3 is 6.03 Å². The zero-order chi connectivity index (χ0) is 18.0. The minimum absolute atomic E-state index is 0.0317. The molecule has 26 heavy (non-hydrogen) atoms. The van der Waals surface area contributed by atoms with Gasteiger partial charge in [0.25, 0.3) is 0 Å². The van der Waals surface area contributed by atoms with Gasteiger partial charge < -0.3 is 15.4 Å². The summed E-state index contributed by atoms with van der Waals surface area (Å²) >= 11 is 0. The number of urea groups is 1. The van der Waals surface area contributed by atoms with E-state index in [9.17, 15) is 4.79 Å². The summed E-state index contributed by atoms with van der Waals surface area (Å²) in [6.45, 7) is 0.686. The van der Waals surface area contributed by atoms with Crippen molar-refractivity contribution in [2.45, 2.75) is 95.4 Å². The number of hydrogen-bond acceptors (Lipinski definition) is 2. The molecule has 2 amide bonds. The zero-order valence-corrected chi connectivity index (χ0v) is 15.9. The standard InChI is InChI=1S/C22H34N2O2/c25-22(23-19-11-7-2-1-3-8-12-19)24-20-13-15-21(16-14-20)26-17-18-9-5-4-6-10-18/h4-6,9-10,19-21H,1-3,7-8,11-17H2,(H2,23,24,25). The Bertz CT molecular complexity index is 518. The van der Waals surface area contributed by atoms with Gasteiger partial charge in [0.15, 0.2) is 0 Å². The molecule has 2 N–H and O–H groups in total. The summed E-state index contributed by atoms with van der Waals surface area (Å²) in [6.07, 6.45) is 13.1. The molecule has 0 radical (unpaired) electrons. The van der Waals surface area contributed by atoms with Crippen LogP contribution in [0.5, 0.6) is 0 Å². The summed E-state index contributed by atoms with van der Waals surface area (Å²) in [5.74, 6) is 0. The van der Waals surface area contributed by atoms with Crippen molar-refractivity contribution in [3.05, 3.63) is 35.9 Å². The molecule has 2 fully saturated rings. The Balaban J connectivity index is 1.32. The van der Waals surface area contributed by atoms with E-state index in [2.05, 4.69) is 22.8 Å². The van der Waals surface area contributed by atoms with Crippen molar-refractivity contribution in [3.8, 4) is 0 Å². The van der Waals surface area contributed by atoms with Crippen molar-refractivity contribution in [2.75, 3.05) is 0 Å². The molecule has 1 aromatic rings. The maximum Gasteiger partial charge on any atom is 0.315 e. The fourth-order valence-electron chi connectivity index (χ4n) is 4.18. The molecule has 0 bridgehead atoms. The highest BCUT2D eigenvalue weighted by molar-refractivity contribution is 5.74. The van der Waals surface area contributed by atoms with Crippen molar-refractivity contribution < 1.29 is 9.53 Å². The third-order valence-corrected chi connectivity index (χ3v) is 5.78. The molecule has 0 aromatic heterocycles. The number of carbonyl (C=O) groups is 1. The van der Waals surface area contributed by atoms with Crippen LogP contribution in [-0.2, 0) is 11.3 Å². The van der Waals surface area contributed by atoms with Crippen molar-refractivity contribution >= 4 is 6.03 Å². The summed E-state index contributed by atoms with van der Waals surface area (Å²) in [6, 6.07) is 11.0. The van der Waals surface area contributed by atoms with E-state index in [1.807, 2.05) is 18.2 Å². The normalized spacial score (nSPS) is 25.1. The molecule has 0 saturated heterocycles. The number of amides is 2. The fourth-order valence-corrected chi connectivity index (χ4v) is 4.18. The van der Waals surface area contributed by atoms with Crippen molar-refractivity contribution in [3.63, 3.8) is 0 Å². The molecule has 0 heterocycles. The Morgan fingerprint density at radius 1 is 0.808 bits per heavy atom. The van der Waals surface area contributed by atoms with Crippen LogP contribution < -0.4 is 10.6 Å². The number of hydrogen-bond donors (Lipinski definition) is 2. The van der Waals surface area contributed by atoms with Gasteiger partial charge in [-0.05, 0) is 44.1 Å². The summed E-state index contributed by atoms with van der Waals surface area (Å²) in [5, 5.41) is 6.40. The first-order valence-corrected chi connectivity index (χ1v) is 10.5. The smallest absolute Gasteiger partial charge is 0.315 e. The lowest BCUT2D eigenvalue weighted by molar-refractivity contribution is 0.0120. The lowest BCUT2D eigenvalue weighted by atomic mass is 9.93. The van der Waals surface area contributed by atoms with Gasteiger partial charge in [0.2, 0.25) is 0 Å². The van der Waals surface area contributed by atoms with E-state index in [1.165, 1.54) is 37.7 Å². The van der Waals surface area contributed by atoms with Gasteiger partial charge in [0.1, 0.15) is 0 Å². The lowest BCUT2D eigenvalue weighted by Crippen LogP contribution is -2.47. The first-order valence-electron chi connectivity index (χ1n) is 10.5. The second-order valence-corrected chi connectivity index (χ2v) is 7.93. The second-order valence-electron chi connectivity index (χ2n) is 7.93. The monoisotopic (exact) mass is 358 g/mol. The van der Waals surface area contributed by atoms with Crippen LogP contribution >= 0.6 is 0 Å². The van der Waals surface area contributed by atoms with Gasteiger partial charge in [0, 0.05) is 12.1 Å². The predicted molar refractivity (Wildman–Crippen MR) is 105 cm³/mol. The van der Waals surface area contributed by atoms with Crippen molar-refractivity contribution in [1.82, 2.24) is 10.6 Å². The first kappa shape index (κ1) is 19.2. The van der Waals surface area contributed by atoms with E-state index < -0.39 is 0 Å². The largest absolute Gasteiger partial charge is 0.374 e. The van der Waals surface area contributed by atoms with Crippen molar-refractivity contribution in [2.24, 2.45) is 0 Å². The molecule has 2 aliphatic rings. The van der Waals surface area contributed by atoms with Gasteiger partial charge in [-0.3, -0.25) is 0 Å². The highest BCUT2D eigenvalue weighted by Gasteiger charge is 2.23. The van der Waals surface area contributed by atoms with Gasteiger partial charge in [0.05, 0.1) is 12.7 Å². The first-order chi connectivity index (χ1) is 12.8. The van der Waals surface area contributed by atoms with Crippen LogP contribution in [0.1, 0.15) is 76.2 Å². The Labute approximate surface area is 158 Å². The SMILES string of the molecule is O=C(NC1CCCCCCC1)NC1CCC(OCc2ccccc2)CC1. The number of rotatable bonds is 5. The Morgan fingerprint density at radius 2 is 1.38 bits per heavy atom. The average Bonchev–Trinajstić information content (AvgIpc) is 2.64. The molecule has 1 aromatic carbocycles. The van der Waals surface area contributed by atoms with Gasteiger partial charge in [-0.2, -0.15) is 0 Å². The van der Waals surface area contributed by atoms with Crippen LogP contribution in [0.15, 0.2) is 30.3 Å². The Hall–Kier alpha value is -1.55. The van der Waals surface area contributed by atoms with Crippen LogP contribution in [0.2, 0.25) is 0 Å². The van der Waals surface area contributed by atoms with E-state index in [4.69, 9.17) is 4.74 Å². The molecule has 2 saturated carbocycles. The fraction of sp³-hybridized carbons (Fsp3) is 0.682. The predicted octanol–water partition coefficient (Wildman–Crippen LogP) is 4.93. The summed E-state index contributed by atoms with van der Waals surface area (Å²) in [7, 11) is 0. The highest BCUT2D eigenvalue weighted by Crippen LogP contribution is 2.22. The Morgan fingerprint density at radius 3 is 2.04 bits per heavy atom. The molecule has 0 unspecified atom stereocenters. The number of carbonyl (C=O) groups excluding carboxylic acids is 1. The topological polar surface area (TPSA) is 50.4 Å². The van der Waals surface area contributed by atoms with Gasteiger partial charge in [-0.1, -0.05) is 62.4 Å². The molecular formula is C22H34N2O2. The minimum atomic E-state index is 0.0317. The van der Waals surface area contributed by atoms with Crippen LogP contribution in [-0.4, -0.2) is 24.2 Å². The number of ether oxygens (including phenoxy) is 1. The summed E-state index contributed by atoms with van der Waals surface area (Å²) in [4.78, 5) is 12.3. The molecular weight excluding hydrogens is 324 g/mol. The number of nitrogens with one attached hydrogen (secondary N) is 2. The second kappa shape index (κ2) is 10.6. The van der Waals surface area contributed by atoms with E-state index in [0.29, 0.717) is 24.8 Å². The number of benzene rings is 1. The Kier molecular flexibility index (Phi) is 7.81. The zero-order valence-electron chi connectivity index (χ0n) is 15.9. The molecule has 0 atom stereocenters. The summed E-state index contributed by atoms with van der Waals surface area (Å²) in [5.41, 5.74) is 1.23. The average molecular weight is 359 g/mol. The molecule has 144 valence electrons. The summed E-state index contributed by atoms with van der Waals surface area (Å²) < 4.78 is 6.04. The van der Waals surface area contributed by atoms with E-state index in [-0.39, 0.29) is 6.03 Å². The maximum absolute atomic E-state index is 12.3. The molecule has 2 aliphatic carbocycles. The minimum Gasteiger partial charge on any atom is -0.374 e. The maximum atomic E-state index is 12.3. The van der Waals surface area contributed by atoms with Gasteiger partial charge in [-0.15, -0.1) is 0 Å². The third-order valence-electron chi connectivity index (χ3n) is 5.78.